The number of carbonyl (C=O) groups is 2. The summed E-state index contributed by atoms with van der Waals surface area (Å²) in [6, 6.07) is 11.5. The fourth-order valence-electron chi connectivity index (χ4n) is 5.17. The summed E-state index contributed by atoms with van der Waals surface area (Å²) in [5, 5.41) is 11.1. The molecule has 1 atom stereocenters. The van der Waals surface area contributed by atoms with Crippen LogP contribution in [0.25, 0.3) is 17.2 Å². The second-order valence-electron chi connectivity index (χ2n) is 9.77. The first-order valence-corrected chi connectivity index (χ1v) is 13.5. The lowest BCUT2D eigenvalue weighted by Crippen LogP contribution is -2.34. The molecule has 1 saturated heterocycles. The number of benzene rings is 2. The van der Waals surface area contributed by atoms with E-state index >= 15 is 0 Å². The van der Waals surface area contributed by atoms with Crippen LogP contribution in [0.2, 0.25) is 0 Å². The van der Waals surface area contributed by atoms with E-state index in [4.69, 9.17) is 10.6 Å². The molecule has 2 aliphatic rings. The van der Waals surface area contributed by atoms with E-state index in [2.05, 4.69) is 29.5 Å². The second kappa shape index (κ2) is 12.6. The van der Waals surface area contributed by atoms with Crippen molar-refractivity contribution in [3.05, 3.63) is 53.1 Å². The van der Waals surface area contributed by atoms with Crippen molar-refractivity contribution < 1.29 is 14.3 Å². The molecule has 2 amide bonds. The van der Waals surface area contributed by atoms with Gasteiger partial charge >= 0.3 is 0 Å². The Morgan fingerprint density at radius 2 is 1.79 bits per heavy atom. The molecule has 0 aromatic heterocycles. The van der Waals surface area contributed by atoms with Crippen LogP contribution in [0.3, 0.4) is 0 Å². The van der Waals surface area contributed by atoms with Gasteiger partial charge in [0.15, 0.2) is 0 Å². The number of amides is 2. The molecule has 38 heavy (non-hydrogen) atoms. The molecule has 0 aliphatic carbocycles. The Morgan fingerprint density at radius 1 is 1.11 bits per heavy atom. The van der Waals surface area contributed by atoms with Gasteiger partial charge < -0.3 is 25.7 Å². The molecular weight excluding hydrogens is 480 g/mol. The zero-order valence-corrected chi connectivity index (χ0v) is 22.6. The first-order chi connectivity index (χ1) is 18.5. The number of likely N-dealkylation sites (tertiary alicyclic amines) is 1. The van der Waals surface area contributed by atoms with Crippen molar-refractivity contribution in [3.63, 3.8) is 0 Å². The molecule has 3 N–H and O–H groups in total. The van der Waals surface area contributed by atoms with Crippen LogP contribution in [0, 0.1) is 0 Å². The highest BCUT2D eigenvalue weighted by Crippen LogP contribution is 2.38. The Hall–Kier alpha value is -3.88. The number of carbonyl (C=O) groups excluding carboxylic acids is 2. The van der Waals surface area contributed by atoms with E-state index < -0.39 is 6.17 Å². The minimum atomic E-state index is -0.483. The summed E-state index contributed by atoms with van der Waals surface area (Å²) in [6.07, 6.45) is 5.69. The molecule has 0 bridgehead atoms. The van der Waals surface area contributed by atoms with Gasteiger partial charge in [-0.05, 0) is 61.6 Å². The fourth-order valence-corrected chi connectivity index (χ4v) is 5.17. The summed E-state index contributed by atoms with van der Waals surface area (Å²) in [4.78, 5) is 30.1. The molecule has 4 rings (SSSR count). The first kappa shape index (κ1) is 27.2. The molecule has 0 spiro atoms. The third kappa shape index (κ3) is 5.98. The van der Waals surface area contributed by atoms with Gasteiger partial charge in [0.25, 0.3) is 5.91 Å². The third-order valence-electron chi connectivity index (χ3n) is 7.03. The number of nitrogens with two attached hydrogens (primary N) is 1. The minimum absolute atomic E-state index is 0.00173. The average molecular weight is 519 g/mol. The molecule has 0 saturated carbocycles. The van der Waals surface area contributed by atoms with Crippen LogP contribution in [0.15, 0.2) is 52.3 Å². The number of fused-ring (bicyclic) bond motifs is 1. The quantitative estimate of drug-likeness (QED) is 0.273. The summed E-state index contributed by atoms with van der Waals surface area (Å²) >= 11 is 0. The molecule has 2 aromatic carbocycles. The van der Waals surface area contributed by atoms with Crippen molar-refractivity contribution in [1.29, 1.82) is 0 Å². The van der Waals surface area contributed by atoms with Gasteiger partial charge in [-0.25, -0.2) is 0 Å². The maximum atomic E-state index is 13.5. The molecule has 1 fully saturated rings. The fraction of sp³-hybridized carbons (Fsp3) is 0.448. The van der Waals surface area contributed by atoms with Crippen molar-refractivity contribution >= 4 is 23.6 Å². The summed E-state index contributed by atoms with van der Waals surface area (Å²) in [7, 11) is 1.63. The molecule has 9 nitrogen and oxygen atoms in total. The number of methoxy groups -OCH3 is 1. The van der Waals surface area contributed by atoms with E-state index in [0.717, 1.165) is 61.2 Å². The number of ether oxygens (including phenoxy) is 1. The molecule has 2 aliphatic heterocycles. The predicted molar refractivity (Wildman–Crippen MR) is 150 cm³/mol. The van der Waals surface area contributed by atoms with Gasteiger partial charge in [0.2, 0.25) is 5.91 Å². The second-order valence-corrected chi connectivity index (χ2v) is 9.77. The predicted octanol–water partition coefficient (Wildman–Crippen LogP) is 5.10. The molecule has 1 unspecified atom stereocenters. The number of anilines is 1. The van der Waals surface area contributed by atoms with Crippen LogP contribution in [-0.2, 0) is 4.79 Å². The van der Waals surface area contributed by atoms with Gasteiger partial charge in [0.1, 0.15) is 11.9 Å². The lowest BCUT2D eigenvalue weighted by molar-refractivity contribution is -0.127. The van der Waals surface area contributed by atoms with E-state index in [-0.39, 0.29) is 11.8 Å². The number of nitrogens with one attached hydrogen (secondary N) is 1. The van der Waals surface area contributed by atoms with Crippen LogP contribution in [-0.4, -0.2) is 61.1 Å². The summed E-state index contributed by atoms with van der Waals surface area (Å²) in [6.45, 7) is 7.18. The third-order valence-corrected chi connectivity index (χ3v) is 7.03. The topological polar surface area (TPSA) is 113 Å². The van der Waals surface area contributed by atoms with Gasteiger partial charge in [0, 0.05) is 60.6 Å². The highest BCUT2D eigenvalue weighted by molar-refractivity contribution is 6.00. The van der Waals surface area contributed by atoms with E-state index in [9.17, 15) is 9.59 Å². The molecular formula is C29H38N6O3. The molecule has 0 radical (unpaired) electrons. The summed E-state index contributed by atoms with van der Waals surface area (Å²) in [5.41, 5.74) is 4.75. The highest BCUT2D eigenvalue weighted by atomic mass is 16.5. The SMILES string of the molecule is CCCN(CCC)C(=O)C1=Cc2cc(OC)c(-c3ccc(C(=O)N4CCCC4)cc3)cc2NC(N=NN)C1. The zero-order chi connectivity index (χ0) is 27.1. The van der Waals surface area contributed by atoms with Crippen LogP contribution in [0.5, 0.6) is 5.75 Å². The van der Waals surface area contributed by atoms with E-state index in [1.165, 1.54) is 0 Å². The first-order valence-electron chi connectivity index (χ1n) is 13.5. The smallest absolute Gasteiger partial charge is 0.253 e. The van der Waals surface area contributed by atoms with Gasteiger partial charge in [-0.3, -0.25) is 9.59 Å². The van der Waals surface area contributed by atoms with Gasteiger partial charge in [-0.1, -0.05) is 31.2 Å². The summed E-state index contributed by atoms with van der Waals surface area (Å²) in [5.74, 6) is 6.15. The Labute approximate surface area is 224 Å². The zero-order valence-electron chi connectivity index (χ0n) is 22.6. The lowest BCUT2D eigenvalue weighted by Gasteiger charge is -2.23. The van der Waals surface area contributed by atoms with Gasteiger partial charge in [0.05, 0.1) is 7.11 Å². The highest BCUT2D eigenvalue weighted by Gasteiger charge is 2.26. The number of hydrogen-bond donors (Lipinski definition) is 2. The molecule has 2 aromatic rings. The number of rotatable bonds is 9. The van der Waals surface area contributed by atoms with Crippen LogP contribution < -0.4 is 15.9 Å². The summed E-state index contributed by atoms with van der Waals surface area (Å²) < 4.78 is 5.77. The molecule has 202 valence electrons. The van der Waals surface area contributed by atoms with Crippen molar-refractivity contribution in [2.75, 3.05) is 38.6 Å². The Morgan fingerprint density at radius 3 is 2.39 bits per heavy atom. The van der Waals surface area contributed by atoms with E-state index in [1.54, 1.807) is 7.11 Å². The Bertz CT molecular complexity index is 1200. The normalized spacial score (nSPS) is 17.0. The lowest BCUT2D eigenvalue weighted by atomic mass is 9.98. The van der Waals surface area contributed by atoms with Crippen molar-refractivity contribution in [2.24, 2.45) is 16.2 Å². The monoisotopic (exact) mass is 518 g/mol. The molecule has 2 heterocycles. The van der Waals surface area contributed by atoms with Crippen LogP contribution in [0.1, 0.15) is 61.9 Å². The Balaban J connectivity index is 1.70. The van der Waals surface area contributed by atoms with Gasteiger partial charge in [-0.15, -0.1) is 5.11 Å². The van der Waals surface area contributed by atoms with Crippen molar-refractivity contribution in [1.82, 2.24) is 9.80 Å². The largest absolute Gasteiger partial charge is 0.496 e. The maximum Gasteiger partial charge on any atom is 0.253 e. The van der Waals surface area contributed by atoms with E-state index in [0.29, 0.717) is 36.4 Å². The minimum Gasteiger partial charge on any atom is -0.496 e. The van der Waals surface area contributed by atoms with Crippen molar-refractivity contribution in [2.45, 2.75) is 52.1 Å². The van der Waals surface area contributed by atoms with Crippen LogP contribution >= 0.6 is 0 Å². The van der Waals surface area contributed by atoms with Crippen molar-refractivity contribution in [3.8, 4) is 16.9 Å². The van der Waals surface area contributed by atoms with Gasteiger partial charge in [-0.2, -0.15) is 0 Å². The Kier molecular flexibility index (Phi) is 8.99. The average Bonchev–Trinajstić information content (AvgIpc) is 3.41. The number of nitrogens with zero attached hydrogens (tertiary/aromatic N) is 4. The molecule has 9 heteroatoms. The number of hydrogen-bond acceptors (Lipinski definition) is 6. The standard InChI is InChI=1S/C29H38N6O3/c1-4-12-34(13-5-2)29(37)23-16-22-17-26(38-3)24(19-25(22)31-27(18-23)32-33-30)20-8-10-21(11-9-20)28(36)35-14-6-7-15-35/h8-11,16-17,19,27,31H,4-7,12-15,18H2,1-3H3,(H2,30,32). The maximum absolute atomic E-state index is 13.5. The van der Waals surface area contributed by atoms with Crippen LogP contribution in [0.4, 0.5) is 5.69 Å². The van der Waals surface area contributed by atoms with E-state index in [1.807, 2.05) is 52.3 Å².